The van der Waals surface area contributed by atoms with Crippen LogP contribution in [0.15, 0.2) is 12.2 Å². The van der Waals surface area contributed by atoms with Crippen molar-refractivity contribution in [2.75, 3.05) is 13.3 Å². The van der Waals surface area contributed by atoms with E-state index in [0.29, 0.717) is 0 Å². The van der Waals surface area contributed by atoms with Crippen molar-refractivity contribution < 1.29 is 13.9 Å². The summed E-state index contributed by atoms with van der Waals surface area (Å²) < 4.78 is 16.7. The number of hydrogen-bond donors (Lipinski definition) is 1. The molecule has 0 aromatic rings. The molecule has 0 bridgehead atoms. The van der Waals surface area contributed by atoms with Gasteiger partial charge in [-0.15, -0.1) is 0 Å². The molecular weight excluding hydrogens is 233 g/mol. The molecule has 0 rings (SSSR count). The highest BCUT2D eigenvalue weighted by molar-refractivity contribution is 5.68. The smallest absolute Gasteiger partial charge is 0.407 e. The molecular formula is C14H26FNO2. The summed E-state index contributed by atoms with van der Waals surface area (Å²) in [6.45, 7) is 15.4. The molecule has 1 N–H and O–H groups in total. The zero-order chi connectivity index (χ0) is 14.6. The highest BCUT2D eigenvalue weighted by Crippen LogP contribution is 2.34. The molecule has 106 valence electrons. The number of rotatable bonds is 4. The van der Waals surface area contributed by atoms with E-state index in [2.05, 4.69) is 11.9 Å². The van der Waals surface area contributed by atoms with Gasteiger partial charge in [0, 0.05) is 0 Å². The Balaban J connectivity index is 4.83. The monoisotopic (exact) mass is 259 g/mol. The van der Waals surface area contributed by atoms with Crippen LogP contribution in [0.4, 0.5) is 9.18 Å². The van der Waals surface area contributed by atoms with Gasteiger partial charge in [0.1, 0.15) is 13.3 Å². The molecule has 4 heteroatoms. The maximum absolute atomic E-state index is 12.0. The molecule has 0 aliphatic rings. The first kappa shape index (κ1) is 16.9. The van der Waals surface area contributed by atoms with Crippen molar-refractivity contribution in [3.05, 3.63) is 12.2 Å². The Hall–Kier alpha value is -1.06. The van der Waals surface area contributed by atoms with Gasteiger partial charge in [-0.25, -0.2) is 9.18 Å². The molecule has 0 heterocycles. The number of nitrogens with one attached hydrogen (secondary N) is 1. The second kappa shape index (κ2) is 6.21. The zero-order valence-electron chi connectivity index (χ0n) is 12.4. The van der Waals surface area contributed by atoms with Crippen molar-refractivity contribution in [2.45, 2.75) is 47.6 Å². The number of alkyl halides is 1. The molecule has 0 aromatic heterocycles. The van der Waals surface area contributed by atoms with Crippen molar-refractivity contribution in [2.24, 2.45) is 10.8 Å². The van der Waals surface area contributed by atoms with Crippen molar-refractivity contribution >= 4 is 6.09 Å². The maximum Gasteiger partial charge on any atom is 0.407 e. The Morgan fingerprint density at radius 3 is 2.11 bits per heavy atom. The largest absolute Gasteiger partial charge is 0.447 e. The van der Waals surface area contributed by atoms with Gasteiger partial charge in [0.25, 0.3) is 0 Å². The highest BCUT2D eigenvalue weighted by atomic mass is 19.1. The molecule has 3 nitrogen and oxygen atoms in total. The Morgan fingerprint density at radius 2 is 1.78 bits per heavy atom. The molecule has 1 amide bonds. The summed E-state index contributed by atoms with van der Waals surface area (Å²) in [5.74, 6) is 0. The van der Waals surface area contributed by atoms with Gasteiger partial charge in [0.05, 0.1) is 6.04 Å². The first-order chi connectivity index (χ1) is 8.00. The fourth-order valence-corrected chi connectivity index (χ4v) is 1.55. The number of carbonyl (C=O) groups excluding carboxylic acids is 1. The number of carbonyl (C=O) groups is 1. The highest BCUT2D eigenvalue weighted by Gasteiger charge is 2.34. The Bertz CT molecular complexity index is 300. The minimum absolute atomic E-state index is 0.120. The van der Waals surface area contributed by atoms with Gasteiger partial charge in [0.2, 0.25) is 0 Å². The fourth-order valence-electron chi connectivity index (χ4n) is 1.55. The van der Waals surface area contributed by atoms with Crippen LogP contribution in [0.2, 0.25) is 0 Å². The molecule has 0 aromatic carbocycles. The molecule has 0 fully saturated rings. The van der Waals surface area contributed by atoms with Crippen LogP contribution in [-0.2, 0) is 4.74 Å². The van der Waals surface area contributed by atoms with Gasteiger partial charge in [-0.1, -0.05) is 48.1 Å². The lowest BCUT2D eigenvalue weighted by Crippen LogP contribution is -2.47. The zero-order valence-corrected chi connectivity index (χ0v) is 12.4. The minimum atomic E-state index is -0.673. The fraction of sp³-hybridized carbons (Fsp3) is 0.786. The maximum atomic E-state index is 12.0. The van der Waals surface area contributed by atoms with Crippen LogP contribution in [0.3, 0.4) is 0 Å². The van der Waals surface area contributed by atoms with E-state index < -0.39 is 12.8 Å². The number of hydrogen-bond acceptors (Lipinski definition) is 2. The molecule has 18 heavy (non-hydrogen) atoms. The van der Waals surface area contributed by atoms with E-state index in [9.17, 15) is 9.18 Å². The lowest BCUT2D eigenvalue weighted by molar-refractivity contribution is 0.126. The van der Waals surface area contributed by atoms with Crippen molar-refractivity contribution in [1.29, 1.82) is 0 Å². The average molecular weight is 259 g/mol. The molecule has 0 saturated carbocycles. The molecule has 0 aliphatic heterocycles. The summed E-state index contributed by atoms with van der Waals surface area (Å²) in [4.78, 5) is 11.5. The summed E-state index contributed by atoms with van der Waals surface area (Å²) in [5.41, 5.74) is 0.622. The van der Waals surface area contributed by atoms with E-state index in [-0.39, 0.29) is 23.5 Å². The molecule has 0 spiro atoms. The van der Waals surface area contributed by atoms with Gasteiger partial charge >= 0.3 is 6.09 Å². The Kier molecular flexibility index (Phi) is 5.84. The predicted molar refractivity (Wildman–Crippen MR) is 72.3 cm³/mol. The number of halogens is 1. The van der Waals surface area contributed by atoms with Crippen molar-refractivity contribution in [3.63, 3.8) is 0 Å². The van der Waals surface area contributed by atoms with Crippen LogP contribution < -0.4 is 5.32 Å². The third-order valence-electron chi connectivity index (χ3n) is 2.75. The van der Waals surface area contributed by atoms with Crippen LogP contribution in [0.25, 0.3) is 0 Å². The Morgan fingerprint density at radius 1 is 1.28 bits per heavy atom. The van der Waals surface area contributed by atoms with Crippen molar-refractivity contribution in [1.82, 2.24) is 5.32 Å². The quantitative estimate of drug-likeness (QED) is 0.782. The number of alkyl carbamates (subject to hydrolysis) is 1. The number of amides is 1. The first-order valence-electron chi connectivity index (χ1n) is 6.18. The van der Waals surface area contributed by atoms with Crippen LogP contribution in [0.1, 0.15) is 41.5 Å². The predicted octanol–water partition coefficient (Wildman–Crippen LogP) is 3.70. The van der Waals surface area contributed by atoms with Gasteiger partial charge in [-0.05, 0) is 16.4 Å². The van der Waals surface area contributed by atoms with Crippen LogP contribution >= 0.6 is 0 Å². The Labute approximate surface area is 110 Å². The van der Waals surface area contributed by atoms with E-state index in [1.807, 2.05) is 41.5 Å². The van der Waals surface area contributed by atoms with Crippen molar-refractivity contribution in [3.8, 4) is 0 Å². The standard InChI is InChI=1S/C14H26FNO2/c1-10(13(2,3)4)11(14(5,6)7)16-12(17)18-9-8-15/h11H,1,8-9H2,2-7H3,(H,16,17). The first-order valence-corrected chi connectivity index (χ1v) is 6.18. The topological polar surface area (TPSA) is 38.3 Å². The summed E-state index contributed by atoms with van der Waals surface area (Å²) in [6, 6.07) is -0.218. The van der Waals surface area contributed by atoms with Crippen LogP contribution in [0.5, 0.6) is 0 Å². The molecule has 1 atom stereocenters. The van der Waals surface area contributed by atoms with E-state index in [1.54, 1.807) is 0 Å². The van der Waals surface area contributed by atoms with Gasteiger partial charge in [0.15, 0.2) is 0 Å². The van der Waals surface area contributed by atoms with Crippen LogP contribution in [-0.4, -0.2) is 25.4 Å². The molecule has 0 aliphatic carbocycles. The summed E-state index contributed by atoms with van der Waals surface area (Å²) in [7, 11) is 0. The normalized spacial score (nSPS) is 13.9. The van der Waals surface area contributed by atoms with Gasteiger partial charge in [-0.3, -0.25) is 0 Å². The number of ether oxygens (including phenoxy) is 1. The van der Waals surface area contributed by atoms with Gasteiger partial charge < -0.3 is 10.1 Å². The molecule has 1 unspecified atom stereocenters. The summed E-state index contributed by atoms with van der Waals surface area (Å²) >= 11 is 0. The summed E-state index contributed by atoms with van der Waals surface area (Å²) in [6.07, 6.45) is -0.599. The van der Waals surface area contributed by atoms with E-state index in [1.165, 1.54) is 0 Å². The second-order valence-corrected chi connectivity index (χ2v) is 6.54. The van der Waals surface area contributed by atoms with Gasteiger partial charge in [-0.2, -0.15) is 0 Å². The van der Waals surface area contributed by atoms with E-state index in [4.69, 9.17) is 4.74 Å². The third-order valence-corrected chi connectivity index (χ3v) is 2.75. The molecule has 0 radical (unpaired) electrons. The van der Waals surface area contributed by atoms with E-state index in [0.717, 1.165) is 5.57 Å². The van der Waals surface area contributed by atoms with Crippen LogP contribution in [0, 0.1) is 10.8 Å². The average Bonchev–Trinajstić information content (AvgIpc) is 2.19. The third kappa shape index (κ3) is 5.52. The second-order valence-electron chi connectivity index (χ2n) is 6.54. The van der Waals surface area contributed by atoms with E-state index >= 15 is 0 Å². The SMILES string of the molecule is C=C(C(NC(=O)OCCF)C(C)(C)C)C(C)(C)C. The molecule has 0 saturated heterocycles. The summed E-state index contributed by atoms with van der Waals surface area (Å²) in [5, 5.41) is 2.77. The lowest BCUT2D eigenvalue weighted by Gasteiger charge is -2.38. The lowest BCUT2D eigenvalue weighted by atomic mass is 9.73. The minimum Gasteiger partial charge on any atom is -0.447 e.